The van der Waals surface area contributed by atoms with E-state index in [0.29, 0.717) is 30.0 Å². The number of hydrogen-bond acceptors (Lipinski definition) is 8. The standard InChI is InChI=1S/C16H17N5O3S/c1-3-9-21-10-5-4-6-13(15-18-12(2)24-20-15)7-8-17-16(21)25-11-14(22)19-23/h3-8H,1,9-11H2,2H3/b5-4+,8-7+,13-6+,17-16+. The second-order valence-electron chi connectivity index (χ2n) is 4.88. The van der Waals surface area contributed by atoms with Crippen LogP contribution in [-0.2, 0) is 4.79 Å². The van der Waals surface area contributed by atoms with Crippen LogP contribution in [0.2, 0.25) is 0 Å². The average Bonchev–Trinajstić information content (AvgIpc) is 3.05. The number of carbonyl (C=O) groups is 1. The third-order valence-electron chi connectivity index (χ3n) is 3.01. The van der Waals surface area contributed by atoms with Gasteiger partial charge in [0.15, 0.2) is 5.17 Å². The smallest absolute Gasteiger partial charge is 0.296 e. The number of amides is 1. The van der Waals surface area contributed by atoms with E-state index in [1.165, 1.54) is 0 Å². The fourth-order valence-electron chi connectivity index (χ4n) is 1.91. The van der Waals surface area contributed by atoms with Gasteiger partial charge in [-0.25, -0.2) is 4.99 Å². The minimum absolute atomic E-state index is 0.0692. The Hall–Kier alpha value is -2.81. The number of carbonyl (C=O) groups excluding carboxylic acids is 1. The van der Waals surface area contributed by atoms with Gasteiger partial charge < -0.3 is 9.42 Å². The van der Waals surface area contributed by atoms with Gasteiger partial charge >= 0.3 is 0 Å². The molecule has 8 nitrogen and oxygen atoms in total. The number of thioether (sulfide) groups is 1. The minimum Gasteiger partial charge on any atom is -0.344 e. The van der Waals surface area contributed by atoms with Gasteiger partial charge in [0, 0.05) is 37.0 Å². The second kappa shape index (κ2) is 9.48. The first-order valence-electron chi connectivity index (χ1n) is 7.40. The van der Waals surface area contributed by atoms with Gasteiger partial charge in [0.2, 0.25) is 11.7 Å². The summed E-state index contributed by atoms with van der Waals surface area (Å²) in [4.78, 5) is 32.0. The molecule has 1 aromatic rings. The molecule has 0 bridgehead atoms. The molecule has 1 aromatic heterocycles. The van der Waals surface area contributed by atoms with E-state index < -0.39 is 5.91 Å². The first-order chi connectivity index (χ1) is 12.1. The fraction of sp³-hybridized carbons (Fsp3) is 0.250. The maximum Gasteiger partial charge on any atom is 0.296 e. The highest BCUT2D eigenvalue weighted by Gasteiger charge is 2.13. The molecule has 130 valence electrons. The molecule has 1 aliphatic heterocycles. The first-order valence-corrected chi connectivity index (χ1v) is 8.39. The number of rotatable bonds is 5. The van der Waals surface area contributed by atoms with Gasteiger partial charge in [0.05, 0.1) is 5.75 Å². The quantitative estimate of drug-likeness (QED) is 0.588. The Kier molecular flexibility index (Phi) is 7.02. The zero-order valence-electron chi connectivity index (χ0n) is 13.7. The lowest BCUT2D eigenvalue weighted by molar-refractivity contribution is -0.115. The zero-order chi connectivity index (χ0) is 18.1. The predicted octanol–water partition coefficient (Wildman–Crippen LogP) is 2.72. The van der Waals surface area contributed by atoms with Crippen LogP contribution in [0.3, 0.4) is 0 Å². The molecule has 1 amide bonds. The number of nitrogens with zero attached hydrogens (tertiary/aromatic N) is 5. The molecular weight excluding hydrogens is 342 g/mol. The van der Waals surface area contributed by atoms with Gasteiger partial charge in [0.1, 0.15) is 0 Å². The number of aromatic nitrogens is 2. The van der Waals surface area contributed by atoms with Crippen LogP contribution in [0.25, 0.3) is 5.57 Å². The van der Waals surface area contributed by atoms with Crippen LogP contribution < -0.4 is 0 Å². The summed E-state index contributed by atoms with van der Waals surface area (Å²) in [6, 6.07) is 0. The van der Waals surface area contributed by atoms with E-state index >= 15 is 0 Å². The Morgan fingerprint density at radius 1 is 1.56 bits per heavy atom. The monoisotopic (exact) mass is 359 g/mol. The number of hydrogen-bond donors (Lipinski definition) is 0. The van der Waals surface area contributed by atoms with Crippen molar-refractivity contribution in [1.82, 2.24) is 15.0 Å². The lowest BCUT2D eigenvalue weighted by atomic mass is 10.2. The van der Waals surface area contributed by atoms with Crippen molar-refractivity contribution < 1.29 is 9.32 Å². The third kappa shape index (κ3) is 5.64. The molecule has 0 saturated carbocycles. The van der Waals surface area contributed by atoms with E-state index in [2.05, 4.69) is 26.9 Å². The van der Waals surface area contributed by atoms with E-state index in [9.17, 15) is 9.70 Å². The molecule has 0 N–H and O–H groups in total. The van der Waals surface area contributed by atoms with Crippen molar-refractivity contribution in [2.75, 3.05) is 18.8 Å². The molecule has 0 aliphatic carbocycles. The molecule has 1 aliphatic rings. The summed E-state index contributed by atoms with van der Waals surface area (Å²) >= 11 is 1.15. The Labute approximate surface area is 149 Å². The van der Waals surface area contributed by atoms with Gasteiger partial charge in [-0.15, -0.1) is 11.5 Å². The van der Waals surface area contributed by atoms with Crippen LogP contribution >= 0.6 is 11.8 Å². The Balaban J connectivity index is 2.26. The molecule has 0 spiro atoms. The van der Waals surface area contributed by atoms with Crippen molar-refractivity contribution >= 4 is 28.4 Å². The van der Waals surface area contributed by atoms with Crippen molar-refractivity contribution in [3.63, 3.8) is 0 Å². The maximum absolute atomic E-state index is 11.2. The third-order valence-corrected chi connectivity index (χ3v) is 4.02. The zero-order valence-corrected chi connectivity index (χ0v) is 14.5. The number of amidine groups is 1. The average molecular weight is 359 g/mol. The lowest BCUT2D eigenvalue weighted by Crippen LogP contribution is -2.30. The minimum atomic E-state index is -0.731. The van der Waals surface area contributed by atoms with Crippen molar-refractivity contribution in [1.29, 1.82) is 0 Å². The van der Waals surface area contributed by atoms with Crippen molar-refractivity contribution in [3.8, 4) is 0 Å². The number of allylic oxidation sites excluding steroid dienone is 4. The number of aliphatic imine (C=N–C) groups is 1. The maximum atomic E-state index is 11.2. The van der Waals surface area contributed by atoms with Crippen LogP contribution in [0.4, 0.5) is 0 Å². The van der Waals surface area contributed by atoms with Crippen molar-refractivity contribution in [2.24, 2.45) is 10.2 Å². The van der Waals surface area contributed by atoms with Crippen LogP contribution in [0.15, 0.2) is 57.9 Å². The molecule has 0 radical (unpaired) electrons. The van der Waals surface area contributed by atoms with Crippen LogP contribution in [0.5, 0.6) is 0 Å². The fourth-order valence-corrected chi connectivity index (χ4v) is 2.68. The molecule has 25 heavy (non-hydrogen) atoms. The molecule has 2 rings (SSSR count). The summed E-state index contributed by atoms with van der Waals surface area (Å²) in [6.07, 6.45) is 10.8. The molecule has 0 unspecified atom stereocenters. The summed E-state index contributed by atoms with van der Waals surface area (Å²) in [5, 5.41) is 6.88. The van der Waals surface area contributed by atoms with Gasteiger partial charge in [-0.05, 0) is 6.08 Å². The molecular formula is C16H17N5O3S. The van der Waals surface area contributed by atoms with E-state index in [1.54, 1.807) is 25.3 Å². The van der Waals surface area contributed by atoms with Gasteiger partial charge in [0.25, 0.3) is 5.91 Å². The SMILES string of the molecule is C=CCN1C/C=C/C=C(c2noc(C)n2)\C=C\N=C/1SCC(=O)N=O. The normalized spacial score (nSPS) is 21.4. The highest BCUT2D eigenvalue weighted by atomic mass is 32.2. The van der Waals surface area contributed by atoms with Crippen molar-refractivity contribution in [2.45, 2.75) is 6.92 Å². The Morgan fingerprint density at radius 2 is 2.40 bits per heavy atom. The van der Waals surface area contributed by atoms with Crippen LogP contribution in [0.1, 0.15) is 11.7 Å². The summed E-state index contributed by atoms with van der Waals surface area (Å²) in [5.41, 5.74) is 0.740. The highest BCUT2D eigenvalue weighted by Crippen LogP contribution is 2.16. The van der Waals surface area contributed by atoms with Gasteiger partial charge in [-0.2, -0.15) is 4.98 Å². The molecule has 0 atom stereocenters. The topological polar surface area (TPSA) is 101 Å². The summed E-state index contributed by atoms with van der Waals surface area (Å²) in [5.74, 6) is 0.139. The molecule has 0 aromatic carbocycles. The number of nitroso groups, excluding NO2 is 1. The molecule has 9 heteroatoms. The second-order valence-corrected chi connectivity index (χ2v) is 5.82. The van der Waals surface area contributed by atoms with E-state index in [4.69, 9.17) is 4.52 Å². The summed E-state index contributed by atoms with van der Waals surface area (Å²) < 4.78 is 5.00. The highest BCUT2D eigenvalue weighted by molar-refractivity contribution is 8.14. The largest absolute Gasteiger partial charge is 0.344 e. The number of aryl methyl sites for hydroxylation is 1. The Bertz CT molecular complexity index is 764. The lowest BCUT2D eigenvalue weighted by Gasteiger charge is -2.22. The molecule has 0 saturated heterocycles. The van der Waals surface area contributed by atoms with Crippen LogP contribution in [0, 0.1) is 11.8 Å². The van der Waals surface area contributed by atoms with Gasteiger partial charge in [-0.1, -0.05) is 41.2 Å². The summed E-state index contributed by atoms with van der Waals surface area (Å²) in [6.45, 7) is 6.55. The van der Waals surface area contributed by atoms with Gasteiger partial charge in [-0.3, -0.25) is 4.79 Å². The van der Waals surface area contributed by atoms with Crippen molar-refractivity contribution in [3.05, 3.63) is 59.8 Å². The van der Waals surface area contributed by atoms with E-state index in [0.717, 1.165) is 17.3 Å². The summed E-state index contributed by atoms with van der Waals surface area (Å²) in [7, 11) is 0. The van der Waals surface area contributed by atoms with E-state index in [1.807, 2.05) is 23.1 Å². The molecule has 2 heterocycles. The van der Waals surface area contributed by atoms with Crippen LogP contribution in [-0.4, -0.2) is 45.0 Å². The predicted molar refractivity (Wildman–Crippen MR) is 97.8 cm³/mol. The Morgan fingerprint density at radius 3 is 3.08 bits per heavy atom. The molecule has 0 fully saturated rings. The van der Waals surface area contributed by atoms with E-state index in [-0.39, 0.29) is 5.75 Å². The first kappa shape index (κ1) is 18.5.